The van der Waals surface area contributed by atoms with Crippen LogP contribution in [-0.2, 0) is 17.6 Å². The minimum atomic E-state index is -0.976. The predicted octanol–water partition coefficient (Wildman–Crippen LogP) is 2.10. The van der Waals surface area contributed by atoms with Crippen LogP contribution in [0.4, 0.5) is 0 Å². The Labute approximate surface area is 97.3 Å². The summed E-state index contributed by atoms with van der Waals surface area (Å²) in [4.78, 5) is 10.4. The molecule has 0 aromatic heterocycles. The van der Waals surface area contributed by atoms with Gasteiger partial charge in [0.15, 0.2) is 0 Å². The van der Waals surface area contributed by atoms with E-state index < -0.39 is 5.97 Å². The SMILES string of the molecule is CCCCCc1cccc(CCC(=O)[O-])c1. The lowest BCUT2D eigenvalue weighted by molar-refractivity contribution is -0.305. The van der Waals surface area contributed by atoms with E-state index in [0.29, 0.717) is 6.42 Å². The Bertz CT molecular complexity index is 331. The fraction of sp³-hybridized carbons (Fsp3) is 0.500. The van der Waals surface area contributed by atoms with Crippen LogP contribution in [0.2, 0.25) is 0 Å². The van der Waals surface area contributed by atoms with Gasteiger partial charge in [0, 0.05) is 5.97 Å². The van der Waals surface area contributed by atoms with Crippen molar-refractivity contribution in [2.24, 2.45) is 0 Å². The summed E-state index contributed by atoms with van der Waals surface area (Å²) in [5.74, 6) is -0.976. The lowest BCUT2D eigenvalue weighted by Gasteiger charge is -2.05. The molecule has 0 fully saturated rings. The Balaban J connectivity index is 2.46. The predicted molar refractivity (Wildman–Crippen MR) is 63.0 cm³/mol. The molecule has 0 saturated carbocycles. The van der Waals surface area contributed by atoms with E-state index in [4.69, 9.17) is 0 Å². The van der Waals surface area contributed by atoms with Gasteiger partial charge in [-0.15, -0.1) is 0 Å². The molecule has 0 aliphatic heterocycles. The lowest BCUT2D eigenvalue weighted by atomic mass is 10.0. The first-order valence-corrected chi connectivity index (χ1v) is 6.00. The van der Waals surface area contributed by atoms with Gasteiger partial charge in [0.2, 0.25) is 0 Å². The van der Waals surface area contributed by atoms with Crippen molar-refractivity contribution < 1.29 is 9.90 Å². The second kappa shape index (κ2) is 7.04. The molecule has 2 nitrogen and oxygen atoms in total. The van der Waals surface area contributed by atoms with E-state index >= 15 is 0 Å². The van der Waals surface area contributed by atoms with E-state index in [-0.39, 0.29) is 6.42 Å². The highest BCUT2D eigenvalue weighted by molar-refractivity contribution is 5.64. The quantitative estimate of drug-likeness (QED) is 0.659. The molecule has 0 aliphatic rings. The molecule has 0 unspecified atom stereocenters. The van der Waals surface area contributed by atoms with Crippen molar-refractivity contribution in [3.05, 3.63) is 35.4 Å². The van der Waals surface area contributed by atoms with E-state index in [9.17, 15) is 9.90 Å². The van der Waals surface area contributed by atoms with Gasteiger partial charge < -0.3 is 9.90 Å². The Hall–Kier alpha value is -1.31. The third kappa shape index (κ3) is 4.96. The molecule has 0 atom stereocenters. The molecule has 16 heavy (non-hydrogen) atoms. The summed E-state index contributed by atoms with van der Waals surface area (Å²) in [7, 11) is 0. The van der Waals surface area contributed by atoms with Crippen LogP contribution in [0.1, 0.15) is 43.7 Å². The molecule has 2 heteroatoms. The van der Waals surface area contributed by atoms with Crippen molar-refractivity contribution in [1.82, 2.24) is 0 Å². The summed E-state index contributed by atoms with van der Waals surface area (Å²) in [6.45, 7) is 2.19. The summed E-state index contributed by atoms with van der Waals surface area (Å²) in [6.07, 6.45) is 5.46. The Morgan fingerprint density at radius 3 is 2.50 bits per heavy atom. The number of hydrogen-bond acceptors (Lipinski definition) is 2. The number of carbonyl (C=O) groups is 1. The van der Waals surface area contributed by atoms with Crippen LogP contribution in [0.3, 0.4) is 0 Å². The molecule has 0 aliphatic carbocycles. The maximum atomic E-state index is 10.4. The zero-order chi connectivity index (χ0) is 11.8. The summed E-state index contributed by atoms with van der Waals surface area (Å²) in [5.41, 5.74) is 2.41. The molecule has 0 N–H and O–H groups in total. The van der Waals surface area contributed by atoms with E-state index in [2.05, 4.69) is 19.1 Å². The van der Waals surface area contributed by atoms with Crippen LogP contribution < -0.4 is 5.11 Å². The highest BCUT2D eigenvalue weighted by Gasteiger charge is 1.97. The van der Waals surface area contributed by atoms with Crippen LogP contribution >= 0.6 is 0 Å². The van der Waals surface area contributed by atoms with Crippen molar-refractivity contribution in [2.75, 3.05) is 0 Å². The molecule has 0 saturated heterocycles. The van der Waals surface area contributed by atoms with Crippen LogP contribution in [0, 0.1) is 0 Å². The van der Waals surface area contributed by atoms with Crippen molar-refractivity contribution in [3.8, 4) is 0 Å². The van der Waals surface area contributed by atoms with Crippen LogP contribution in [0.15, 0.2) is 24.3 Å². The highest BCUT2D eigenvalue weighted by Crippen LogP contribution is 2.11. The summed E-state index contributed by atoms with van der Waals surface area (Å²) < 4.78 is 0. The molecule has 0 heterocycles. The first kappa shape index (κ1) is 12.8. The fourth-order valence-electron chi connectivity index (χ4n) is 1.77. The number of hydrogen-bond donors (Lipinski definition) is 0. The zero-order valence-electron chi connectivity index (χ0n) is 9.87. The lowest BCUT2D eigenvalue weighted by Crippen LogP contribution is -2.22. The van der Waals surface area contributed by atoms with Gasteiger partial charge in [-0.3, -0.25) is 0 Å². The zero-order valence-corrected chi connectivity index (χ0v) is 9.87. The topological polar surface area (TPSA) is 40.1 Å². The summed E-state index contributed by atoms with van der Waals surface area (Å²) >= 11 is 0. The largest absolute Gasteiger partial charge is 0.550 e. The maximum Gasteiger partial charge on any atom is 0.0417 e. The molecule has 1 aromatic carbocycles. The number of carboxylic acids is 1. The molecule has 1 aromatic rings. The maximum absolute atomic E-state index is 10.4. The van der Waals surface area contributed by atoms with Crippen LogP contribution in [0.25, 0.3) is 0 Å². The van der Waals surface area contributed by atoms with Gasteiger partial charge in [-0.25, -0.2) is 0 Å². The van der Waals surface area contributed by atoms with E-state index in [1.54, 1.807) is 0 Å². The first-order chi connectivity index (χ1) is 7.72. The highest BCUT2D eigenvalue weighted by atomic mass is 16.4. The first-order valence-electron chi connectivity index (χ1n) is 6.00. The second-order valence-electron chi connectivity index (χ2n) is 4.15. The second-order valence-corrected chi connectivity index (χ2v) is 4.15. The van der Waals surface area contributed by atoms with Gasteiger partial charge in [0.1, 0.15) is 0 Å². The van der Waals surface area contributed by atoms with Gasteiger partial charge in [-0.05, 0) is 36.8 Å². The van der Waals surface area contributed by atoms with Crippen molar-refractivity contribution in [3.63, 3.8) is 0 Å². The Morgan fingerprint density at radius 2 is 1.88 bits per heavy atom. The molecule has 1 rings (SSSR count). The molecular formula is C14H19O2-. The molecule has 0 spiro atoms. The third-order valence-corrected chi connectivity index (χ3v) is 2.68. The number of unbranched alkanes of at least 4 members (excludes halogenated alkanes) is 2. The monoisotopic (exact) mass is 219 g/mol. The number of carbonyl (C=O) groups excluding carboxylic acids is 1. The molecule has 0 radical (unpaired) electrons. The average molecular weight is 219 g/mol. The van der Waals surface area contributed by atoms with Gasteiger partial charge in [-0.2, -0.15) is 0 Å². The molecule has 88 valence electrons. The Morgan fingerprint density at radius 1 is 1.19 bits per heavy atom. The molecule has 0 bridgehead atoms. The molecular weight excluding hydrogens is 200 g/mol. The van der Waals surface area contributed by atoms with Crippen molar-refractivity contribution in [1.29, 1.82) is 0 Å². The number of carboxylic acid groups (broad SMARTS) is 1. The third-order valence-electron chi connectivity index (χ3n) is 2.68. The smallest absolute Gasteiger partial charge is 0.0417 e. The van der Waals surface area contributed by atoms with E-state index in [1.165, 1.54) is 24.8 Å². The number of rotatable bonds is 7. The van der Waals surface area contributed by atoms with Gasteiger partial charge in [-0.1, -0.05) is 44.0 Å². The van der Waals surface area contributed by atoms with E-state index in [0.717, 1.165) is 12.0 Å². The van der Waals surface area contributed by atoms with Crippen molar-refractivity contribution in [2.45, 2.75) is 45.4 Å². The number of aryl methyl sites for hydroxylation is 2. The minimum absolute atomic E-state index is 0.110. The fourth-order valence-corrected chi connectivity index (χ4v) is 1.77. The normalized spacial score (nSPS) is 10.3. The molecule has 0 amide bonds. The van der Waals surface area contributed by atoms with E-state index in [1.807, 2.05) is 12.1 Å². The average Bonchev–Trinajstić information content (AvgIpc) is 2.27. The minimum Gasteiger partial charge on any atom is -0.550 e. The summed E-state index contributed by atoms with van der Waals surface area (Å²) in [5, 5.41) is 10.4. The van der Waals surface area contributed by atoms with Crippen molar-refractivity contribution >= 4 is 5.97 Å². The summed E-state index contributed by atoms with van der Waals surface area (Å²) in [6, 6.07) is 8.20. The van der Waals surface area contributed by atoms with Gasteiger partial charge >= 0.3 is 0 Å². The van der Waals surface area contributed by atoms with Crippen LogP contribution in [0.5, 0.6) is 0 Å². The number of aliphatic carboxylic acids is 1. The van der Waals surface area contributed by atoms with Gasteiger partial charge in [0.25, 0.3) is 0 Å². The van der Waals surface area contributed by atoms with Crippen LogP contribution in [-0.4, -0.2) is 5.97 Å². The number of benzene rings is 1. The standard InChI is InChI=1S/C14H20O2/c1-2-3-4-6-12-7-5-8-13(11-12)9-10-14(15)16/h5,7-8,11H,2-4,6,9-10H2,1H3,(H,15,16)/p-1. The van der Waals surface area contributed by atoms with Gasteiger partial charge in [0.05, 0.1) is 0 Å². The Kier molecular flexibility index (Phi) is 5.62.